The van der Waals surface area contributed by atoms with Gasteiger partial charge < -0.3 is 9.80 Å². The summed E-state index contributed by atoms with van der Waals surface area (Å²) in [6.45, 7) is 0.781. The van der Waals surface area contributed by atoms with Crippen molar-refractivity contribution in [1.82, 2.24) is 0 Å². The molecule has 12 rings (SSSR count). The number of fused-ring (bicyclic) bond motifs is 10. The van der Waals surface area contributed by atoms with Gasteiger partial charge in [0.1, 0.15) is 0 Å². The maximum Gasteiger partial charge on any atom is 0.0783 e. The van der Waals surface area contributed by atoms with Crippen LogP contribution >= 0.6 is 0 Å². The first-order valence-electron chi connectivity index (χ1n) is 20.7. The zero-order chi connectivity index (χ0) is 38.9. The second-order valence-corrected chi connectivity index (χ2v) is 16.0. The molecule has 59 heavy (non-hydrogen) atoms. The zero-order valence-corrected chi connectivity index (χ0v) is 32.6. The van der Waals surface area contributed by atoms with Crippen LogP contribution in [0.15, 0.2) is 224 Å². The molecule has 0 fully saturated rings. The van der Waals surface area contributed by atoms with E-state index in [2.05, 4.69) is 228 Å². The third kappa shape index (κ3) is 5.06. The molecule has 0 unspecified atom stereocenters. The Bertz CT molecular complexity index is 3000. The normalized spacial score (nSPS) is 15.0. The van der Waals surface area contributed by atoms with Gasteiger partial charge in [-0.1, -0.05) is 170 Å². The molecule has 278 valence electrons. The average molecular weight is 753 g/mol. The van der Waals surface area contributed by atoms with Crippen LogP contribution in [0.3, 0.4) is 0 Å². The average Bonchev–Trinajstić information content (AvgIpc) is 3.60. The topological polar surface area (TPSA) is 6.48 Å². The summed E-state index contributed by atoms with van der Waals surface area (Å²) in [6, 6.07) is 70.4. The molecule has 3 aliphatic heterocycles. The third-order valence-corrected chi connectivity index (χ3v) is 12.9. The van der Waals surface area contributed by atoms with Gasteiger partial charge in [-0.15, -0.1) is 0 Å². The van der Waals surface area contributed by atoms with E-state index in [4.69, 9.17) is 0 Å². The number of hydrogen-bond donors (Lipinski definition) is 0. The van der Waals surface area contributed by atoms with Gasteiger partial charge >= 0.3 is 0 Å². The highest BCUT2D eigenvalue weighted by Gasteiger charge is 2.53. The number of hydrogen-bond acceptors (Lipinski definition) is 2. The molecule has 0 saturated heterocycles. The number of para-hydroxylation sites is 2. The van der Waals surface area contributed by atoms with E-state index in [0.717, 1.165) is 13.0 Å². The van der Waals surface area contributed by atoms with E-state index in [-0.39, 0.29) is 0 Å². The molecular formula is C57H40N2. The van der Waals surface area contributed by atoms with E-state index in [1.54, 1.807) is 0 Å². The maximum absolute atomic E-state index is 2.62. The first-order valence-corrected chi connectivity index (χ1v) is 20.7. The van der Waals surface area contributed by atoms with Gasteiger partial charge in [0, 0.05) is 23.5 Å². The van der Waals surface area contributed by atoms with Crippen LogP contribution in [-0.4, -0.2) is 0 Å². The van der Waals surface area contributed by atoms with Crippen molar-refractivity contribution < 1.29 is 0 Å². The molecule has 0 bridgehead atoms. The van der Waals surface area contributed by atoms with Crippen molar-refractivity contribution in [3.8, 4) is 44.5 Å². The van der Waals surface area contributed by atoms with Gasteiger partial charge in [0.2, 0.25) is 0 Å². The molecule has 2 heteroatoms. The highest BCUT2D eigenvalue weighted by molar-refractivity contribution is 6.01. The van der Waals surface area contributed by atoms with Crippen LogP contribution < -0.4 is 9.80 Å². The second-order valence-electron chi connectivity index (χ2n) is 16.0. The Morgan fingerprint density at radius 1 is 0.407 bits per heavy atom. The van der Waals surface area contributed by atoms with Crippen molar-refractivity contribution in [2.24, 2.45) is 0 Å². The molecule has 0 radical (unpaired) electrons. The third-order valence-electron chi connectivity index (χ3n) is 12.9. The van der Waals surface area contributed by atoms with Crippen molar-refractivity contribution >= 4 is 22.7 Å². The van der Waals surface area contributed by atoms with Crippen LogP contribution in [-0.2, 0) is 12.0 Å². The van der Waals surface area contributed by atoms with Gasteiger partial charge in [-0.25, -0.2) is 0 Å². The summed E-state index contributed by atoms with van der Waals surface area (Å²) >= 11 is 0. The largest absolute Gasteiger partial charge is 0.336 e. The van der Waals surface area contributed by atoms with Crippen molar-refractivity contribution in [3.05, 3.63) is 252 Å². The summed E-state index contributed by atoms with van der Waals surface area (Å²) in [5.41, 5.74) is 21.9. The van der Waals surface area contributed by atoms with E-state index in [1.165, 1.54) is 101 Å². The summed E-state index contributed by atoms with van der Waals surface area (Å²) in [4.78, 5) is 5.13. The van der Waals surface area contributed by atoms with Gasteiger partial charge in [-0.05, 0) is 122 Å². The highest BCUT2D eigenvalue weighted by Crippen LogP contribution is 2.65. The summed E-state index contributed by atoms with van der Waals surface area (Å²) in [7, 11) is 0. The van der Waals surface area contributed by atoms with Gasteiger partial charge in [0.25, 0.3) is 0 Å². The lowest BCUT2D eigenvalue weighted by atomic mass is 9.58. The van der Waals surface area contributed by atoms with Gasteiger partial charge in [-0.3, -0.25) is 0 Å². The Labute approximate surface area is 346 Å². The quantitative estimate of drug-likeness (QED) is 0.177. The molecule has 8 aromatic carbocycles. The standard InChI is InChI=1S/C57H40N2/c1-2-13-25-46(24-12-1)59-54-28-16-14-26-49(54)57(50-27-15-17-29-55(50)59)51-36-43(40-20-8-4-9-21-40)32-33-53(51)58-38-44-31-30-42(39-18-6-3-7-19-39)34-47(44)48-35-45(37-52(57)56(48)58)41-22-10-5-11-23-41/h1-12,14-37H,13,38H2. The van der Waals surface area contributed by atoms with E-state index < -0.39 is 5.41 Å². The van der Waals surface area contributed by atoms with Crippen molar-refractivity contribution in [2.45, 2.75) is 18.4 Å². The number of allylic oxidation sites excluding steroid dienone is 5. The molecule has 0 atom stereocenters. The smallest absolute Gasteiger partial charge is 0.0783 e. The monoisotopic (exact) mass is 752 g/mol. The Balaban J connectivity index is 1.24. The maximum atomic E-state index is 2.62. The van der Waals surface area contributed by atoms with Crippen LogP contribution in [0.1, 0.15) is 34.2 Å². The minimum atomic E-state index is -0.656. The van der Waals surface area contributed by atoms with Crippen molar-refractivity contribution in [2.75, 3.05) is 9.80 Å². The zero-order valence-electron chi connectivity index (χ0n) is 32.6. The van der Waals surface area contributed by atoms with Gasteiger partial charge in [0.15, 0.2) is 0 Å². The lowest BCUT2D eigenvalue weighted by Crippen LogP contribution is -2.44. The Morgan fingerprint density at radius 2 is 0.966 bits per heavy atom. The van der Waals surface area contributed by atoms with Crippen LogP contribution in [0.25, 0.3) is 44.5 Å². The number of rotatable bonds is 4. The van der Waals surface area contributed by atoms with E-state index in [0.29, 0.717) is 0 Å². The van der Waals surface area contributed by atoms with Crippen molar-refractivity contribution in [3.63, 3.8) is 0 Å². The summed E-state index contributed by atoms with van der Waals surface area (Å²) in [5, 5.41) is 0. The molecule has 8 aromatic rings. The minimum absolute atomic E-state index is 0.656. The molecule has 3 heterocycles. The first-order chi connectivity index (χ1) is 29.3. The van der Waals surface area contributed by atoms with E-state index >= 15 is 0 Å². The molecule has 1 aliphatic carbocycles. The molecular weight excluding hydrogens is 713 g/mol. The van der Waals surface area contributed by atoms with Crippen molar-refractivity contribution in [1.29, 1.82) is 0 Å². The van der Waals surface area contributed by atoms with E-state index in [9.17, 15) is 0 Å². The molecule has 2 nitrogen and oxygen atoms in total. The summed E-state index contributed by atoms with van der Waals surface area (Å²) < 4.78 is 0. The van der Waals surface area contributed by atoms with Crippen LogP contribution in [0.2, 0.25) is 0 Å². The Hall–Kier alpha value is -7.42. The predicted octanol–water partition coefficient (Wildman–Crippen LogP) is 14.6. The molecule has 0 amide bonds. The number of benzene rings is 8. The second kappa shape index (κ2) is 13.3. The fourth-order valence-corrected chi connectivity index (χ4v) is 10.3. The predicted molar refractivity (Wildman–Crippen MR) is 245 cm³/mol. The van der Waals surface area contributed by atoms with Crippen LogP contribution in [0.4, 0.5) is 22.7 Å². The number of nitrogens with zero attached hydrogens (tertiary/aromatic N) is 2. The van der Waals surface area contributed by atoms with Gasteiger partial charge in [-0.2, -0.15) is 0 Å². The van der Waals surface area contributed by atoms with Crippen LogP contribution in [0.5, 0.6) is 0 Å². The first kappa shape index (κ1) is 33.7. The molecule has 0 N–H and O–H groups in total. The van der Waals surface area contributed by atoms with Crippen LogP contribution in [0, 0.1) is 0 Å². The van der Waals surface area contributed by atoms with E-state index in [1.807, 2.05) is 0 Å². The summed E-state index contributed by atoms with van der Waals surface area (Å²) in [6.07, 6.45) is 12.1. The molecule has 4 aliphatic rings. The molecule has 1 spiro atoms. The molecule has 0 saturated carbocycles. The lowest BCUT2D eigenvalue weighted by molar-refractivity contribution is 0.702. The molecule has 0 aromatic heterocycles. The number of anilines is 4. The minimum Gasteiger partial charge on any atom is -0.336 e. The SMILES string of the molecule is C1=CCC=C(N2c3ccccc3C3(c4cc(-c5ccccc5)ccc4N4Cc5ccc(-c6ccccc6)cc5-c5cc(-c6ccccc6)cc3c54)c3ccccc32)C=C1. The highest BCUT2D eigenvalue weighted by atomic mass is 15.2. The van der Waals surface area contributed by atoms with Gasteiger partial charge in [0.05, 0.1) is 22.5 Å². The fourth-order valence-electron chi connectivity index (χ4n) is 10.3. The fraction of sp³-hybridized carbons (Fsp3) is 0.0526. The lowest BCUT2D eigenvalue weighted by Gasteiger charge is -2.53. The summed E-state index contributed by atoms with van der Waals surface area (Å²) in [5.74, 6) is 0. The Kier molecular flexibility index (Phi) is 7.61. The Morgan fingerprint density at radius 3 is 1.64 bits per heavy atom.